The third-order valence-electron chi connectivity index (χ3n) is 5.82. The lowest BCUT2D eigenvalue weighted by Crippen LogP contribution is -2.32. The normalized spacial score (nSPS) is 15.7. The fourth-order valence-corrected chi connectivity index (χ4v) is 4.86. The lowest BCUT2D eigenvalue weighted by Gasteiger charge is -2.38. The molecule has 0 N–H and O–H groups in total. The predicted octanol–water partition coefficient (Wildman–Crippen LogP) is 5.84. The Morgan fingerprint density at radius 3 is 1.92 bits per heavy atom. The molecule has 1 spiro atoms. The standard InChI is InChI=1S/C24H16O/c1-3-13-21-18(10-1)24(19-11-2-4-14-22(19)25-21)15-17-9-5-7-16-8-6-12-20(24)23(16)17/h1-14H,15H2. The number of rotatable bonds is 0. The van der Waals surface area contributed by atoms with Crippen LogP contribution in [0.3, 0.4) is 0 Å². The van der Waals surface area contributed by atoms with Crippen molar-refractivity contribution in [1.29, 1.82) is 0 Å². The van der Waals surface area contributed by atoms with Gasteiger partial charge >= 0.3 is 0 Å². The molecule has 0 fully saturated rings. The van der Waals surface area contributed by atoms with Crippen molar-refractivity contribution in [3.8, 4) is 11.5 Å². The molecule has 1 aliphatic carbocycles. The van der Waals surface area contributed by atoms with E-state index < -0.39 is 0 Å². The van der Waals surface area contributed by atoms with E-state index in [1.54, 1.807) is 0 Å². The van der Waals surface area contributed by atoms with Crippen LogP contribution in [0.4, 0.5) is 0 Å². The smallest absolute Gasteiger partial charge is 0.131 e. The van der Waals surface area contributed by atoms with Crippen LogP contribution in [0.2, 0.25) is 0 Å². The first-order valence-corrected chi connectivity index (χ1v) is 8.76. The van der Waals surface area contributed by atoms with Gasteiger partial charge in [-0.05, 0) is 40.5 Å². The van der Waals surface area contributed by atoms with E-state index in [0.717, 1.165) is 17.9 Å². The summed E-state index contributed by atoms with van der Waals surface area (Å²) in [6, 6.07) is 30.4. The molecule has 4 aromatic rings. The second-order valence-electron chi connectivity index (χ2n) is 7.00. The molecule has 0 aromatic heterocycles. The predicted molar refractivity (Wildman–Crippen MR) is 100 cm³/mol. The van der Waals surface area contributed by atoms with Crippen LogP contribution >= 0.6 is 0 Å². The van der Waals surface area contributed by atoms with Gasteiger partial charge in [0.05, 0.1) is 5.41 Å². The van der Waals surface area contributed by atoms with Gasteiger partial charge in [0.1, 0.15) is 11.5 Å². The minimum atomic E-state index is -0.158. The molecule has 1 aliphatic heterocycles. The second kappa shape index (κ2) is 4.52. The van der Waals surface area contributed by atoms with Gasteiger partial charge in [0.2, 0.25) is 0 Å². The van der Waals surface area contributed by atoms with Crippen molar-refractivity contribution in [2.24, 2.45) is 0 Å². The number of fused-ring (bicyclic) bond motifs is 5. The molecule has 25 heavy (non-hydrogen) atoms. The maximum atomic E-state index is 6.26. The molecular weight excluding hydrogens is 304 g/mol. The van der Waals surface area contributed by atoms with Crippen molar-refractivity contribution in [1.82, 2.24) is 0 Å². The average Bonchev–Trinajstić information content (AvgIpc) is 3.00. The number of hydrogen-bond donors (Lipinski definition) is 0. The summed E-state index contributed by atoms with van der Waals surface area (Å²) < 4.78 is 6.26. The molecule has 0 unspecified atom stereocenters. The van der Waals surface area contributed by atoms with Crippen molar-refractivity contribution in [2.45, 2.75) is 11.8 Å². The van der Waals surface area contributed by atoms with Gasteiger partial charge in [-0.2, -0.15) is 0 Å². The summed E-state index contributed by atoms with van der Waals surface area (Å²) in [7, 11) is 0. The van der Waals surface area contributed by atoms with Gasteiger partial charge < -0.3 is 4.74 Å². The van der Waals surface area contributed by atoms with Gasteiger partial charge in [-0.3, -0.25) is 0 Å². The van der Waals surface area contributed by atoms with E-state index in [1.807, 2.05) is 0 Å². The van der Waals surface area contributed by atoms with Gasteiger partial charge in [0, 0.05) is 11.1 Å². The fourth-order valence-electron chi connectivity index (χ4n) is 4.86. The highest BCUT2D eigenvalue weighted by Crippen LogP contribution is 2.57. The lowest BCUT2D eigenvalue weighted by molar-refractivity contribution is 0.420. The van der Waals surface area contributed by atoms with Crippen LogP contribution in [0.1, 0.15) is 22.3 Å². The van der Waals surface area contributed by atoms with Crippen LogP contribution < -0.4 is 4.74 Å². The van der Waals surface area contributed by atoms with E-state index in [0.29, 0.717) is 0 Å². The highest BCUT2D eigenvalue weighted by atomic mass is 16.5. The van der Waals surface area contributed by atoms with E-state index in [-0.39, 0.29) is 5.41 Å². The zero-order valence-corrected chi connectivity index (χ0v) is 13.7. The SMILES string of the molecule is c1ccc2c(c1)Oc1ccccc1C21Cc2cccc3cccc1c23. The van der Waals surface area contributed by atoms with Crippen LogP contribution in [0.15, 0.2) is 84.9 Å². The van der Waals surface area contributed by atoms with Crippen LogP contribution in [-0.4, -0.2) is 0 Å². The number of ether oxygens (including phenoxy) is 1. The second-order valence-corrected chi connectivity index (χ2v) is 7.00. The third-order valence-corrected chi connectivity index (χ3v) is 5.82. The van der Waals surface area contributed by atoms with E-state index in [1.165, 1.54) is 33.0 Å². The zero-order chi connectivity index (χ0) is 16.4. The van der Waals surface area contributed by atoms with Gasteiger partial charge in [-0.15, -0.1) is 0 Å². The summed E-state index contributed by atoms with van der Waals surface area (Å²) in [6.07, 6.45) is 0.987. The highest BCUT2D eigenvalue weighted by molar-refractivity contribution is 5.94. The van der Waals surface area contributed by atoms with Crippen LogP contribution in [-0.2, 0) is 11.8 Å². The molecule has 1 heteroatoms. The van der Waals surface area contributed by atoms with Gasteiger partial charge in [0.15, 0.2) is 0 Å². The number of hydrogen-bond acceptors (Lipinski definition) is 1. The van der Waals surface area contributed by atoms with Crippen molar-refractivity contribution < 1.29 is 4.74 Å². The molecule has 2 aliphatic rings. The van der Waals surface area contributed by atoms with Crippen molar-refractivity contribution in [3.05, 3.63) is 107 Å². The van der Waals surface area contributed by atoms with Crippen LogP contribution in [0.25, 0.3) is 10.8 Å². The molecule has 6 rings (SSSR count). The van der Waals surface area contributed by atoms with E-state index in [4.69, 9.17) is 4.74 Å². The van der Waals surface area contributed by atoms with Gasteiger partial charge in [-0.25, -0.2) is 0 Å². The molecule has 0 atom stereocenters. The molecule has 4 aromatic carbocycles. The van der Waals surface area contributed by atoms with Gasteiger partial charge in [0.25, 0.3) is 0 Å². The lowest BCUT2D eigenvalue weighted by atomic mass is 9.68. The van der Waals surface area contributed by atoms with E-state index in [9.17, 15) is 0 Å². The molecule has 118 valence electrons. The number of benzene rings is 4. The monoisotopic (exact) mass is 320 g/mol. The Kier molecular flexibility index (Phi) is 2.39. The molecule has 0 amide bonds. The Balaban J connectivity index is 1.80. The van der Waals surface area contributed by atoms with Crippen molar-refractivity contribution in [2.75, 3.05) is 0 Å². The van der Waals surface area contributed by atoms with Crippen LogP contribution in [0, 0.1) is 0 Å². The molecule has 1 nitrogen and oxygen atoms in total. The summed E-state index contributed by atoms with van der Waals surface area (Å²) in [5.74, 6) is 1.96. The summed E-state index contributed by atoms with van der Waals surface area (Å²) in [5.41, 5.74) is 5.23. The number of para-hydroxylation sites is 2. The average molecular weight is 320 g/mol. The summed E-state index contributed by atoms with van der Waals surface area (Å²) in [4.78, 5) is 0. The first-order chi connectivity index (χ1) is 12.4. The minimum absolute atomic E-state index is 0.158. The first kappa shape index (κ1) is 13.3. The summed E-state index contributed by atoms with van der Waals surface area (Å²) in [5, 5.41) is 2.74. The fraction of sp³-hybridized carbons (Fsp3) is 0.0833. The molecule has 0 radical (unpaired) electrons. The molecule has 0 saturated carbocycles. The maximum Gasteiger partial charge on any atom is 0.131 e. The van der Waals surface area contributed by atoms with Crippen molar-refractivity contribution in [3.63, 3.8) is 0 Å². The zero-order valence-electron chi connectivity index (χ0n) is 13.7. The Morgan fingerprint density at radius 1 is 0.600 bits per heavy atom. The maximum absolute atomic E-state index is 6.26. The Bertz CT molecular complexity index is 1100. The molecule has 0 bridgehead atoms. The highest BCUT2D eigenvalue weighted by Gasteiger charge is 2.47. The Hall–Kier alpha value is -3.06. The van der Waals surface area contributed by atoms with Crippen LogP contribution in [0.5, 0.6) is 11.5 Å². The molecule has 0 saturated heterocycles. The molecular formula is C24H16O. The topological polar surface area (TPSA) is 9.23 Å². The molecule has 1 heterocycles. The largest absolute Gasteiger partial charge is 0.457 e. The van der Waals surface area contributed by atoms with Gasteiger partial charge in [-0.1, -0.05) is 72.8 Å². The van der Waals surface area contributed by atoms with E-state index >= 15 is 0 Å². The third kappa shape index (κ3) is 1.54. The Labute approximate surface area is 146 Å². The minimum Gasteiger partial charge on any atom is -0.457 e. The summed E-state index contributed by atoms with van der Waals surface area (Å²) in [6.45, 7) is 0. The summed E-state index contributed by atoms with van der Waals surface area (Å²) >= 11 is 0. The Morgan fingerprint density at radius 2 is 1.20 bits per heavy atom. The first-order valence-electron chi connectivity index (χ1n) is 8.76. The van der Waals surface area contributed by atoms with E-state index in [2.05, 4.69) is 84.9 Å². The van der Waals surface area contributed by atoms with Crippen molar-refractivity contribution >= 4 is 10.8 Å². The quantitative estimate of drug-likeness (QED) is 0.396.